The molecule has 4 nitrogen and oxygen atoms in total. The van der Waals surface area contributed by atoms with Crippen LogP contribution in [-0.2, 0) is 6.42 Å². The number of ether oxygens (including phenoxy) is 1. The van der Waals surface area contributed by atoms with E-state index in [0.717, 1.165) is 36.6 Å². The average molecular weight is 304 g/mol. The van der Waals surface area contributed by atoms with Crippen molar-refractivity contribution in [3.05, 3.63) is 48.4 Å². The second-order valence-electron chi connectivity index (χ2n) is 4.52. The molecular weight excluding hydrogens is 284 g/mol. The fourth-order valence-electron chi connectivity index (χ4n) is 1.92. The number of nitrogens with one attached hydrogen (secondary N) is 2. The average Bonchev–Trinajstić information content (AvgIpc) is 2.98. The minimum atomic E-state index is 0.614. The minimum absolute atomic E-state index is 0.614. The number of hydrogen-bond acceptors (Lipinski definition) is 3. The molecule has 0 bridgehead atoms. The van der Waals surface area contributed by atoms with Gasteiger partial charge < -0.3 is 19.8 Å². The molecule has 0 fully saturated rings. The fraction of sp³-hybridized carbons (Fsp3) is 0.312. The van der Waals surface area contributed by atoms with E-state index in [9.17, 15) is 0 Å². The van der Waals surface area contributed by atoms with Crippen molar-refractivity contribution in [1.29, 1.82) is 0 Å². The minimum Gasteiger partial charge on any atom is -0.494 e. The lowest BCUT2D eigenvalue weighted by Gasteiger charge is -2.11. The Kier molecular flexibility index (Phi) is 6.09. The van der Waals surface area contributed by atoms with Gasteiger partial charge in [-0.2, -0.15) is 0 Å². The first-order valence-electron chi connectivity index (χ1n) is 7.08. The largest absolute Gasteiger partial charge is 0.494 e. The Hall–Kier alpha value is -2.01. The summed E-state index contributed by atoms with van der Waals surface area (Å²) < 4.78 is 10.7. The molecule has 1 aromatic carbocycles. The van der Waals surface area contributed by atoms with Gasteiger partial charge in [-0.15, -0.1) is 0 Å². The molecule has 0 amide bonds. The molecular formula is C16H20N2O2S. The van der Waals surface area contributed by atoms with E-state index in [-0.39, 0.29) is 0 Å². The molecule has 5 heteroatoms. The van der Waals surface area contributed by atoms with Gasteiger partial charge in [-0.3, -0.25) is 0 Å². The van der Waals surface area contributed by atoms with E-state index in [1.165, 1.54) is 0 Å². The molecule has 0 unspecified atom stereocenters. The Morgan fingerprint density at radius 3 is 2.95 bits per heavy atom. The summed E-state index contributed by atoms with van der Waals surface area (Å²) in [6.45, 7) is 3.42. The highest BCUT2D eigenvalue weighted by Crippen LogP contribution is 2.17. The van der Waals surface area contributed by atoms with Gasteiger partial charge in [-0.25, -0.2) is 0 Å². The van der Waals surface area contributed by atoms with Crippen molar-refractivity contribution in [3.63, 3.8) is 0 Å². The number of benzene rings is 1. The van der Waals surface area contributed by atoms with Crippen LogP contribution in [0.3, 0.4) is 0 Å². The maximum absolute atomic E-state index is 5.45. The summed E-state index contributed by atoms with van der Waals surface area (Å²) in [4.78, 5) is 0. The number of thiocarbonyl (C=S) groups is 1. The lowest BCUT2D eigenvalue weighted by Crippen LogP contribution is -2.29. The van der Waals surface area contributed by atoms with E-state index in [1.54, 1.807) is 6.26 Å². The molecule has 0 spiro atoms. The fourth-order valence-corrected chi connectivity index (χ4v) is 2.14. The van der Waals surface area contributed by atoms with Gasteiger partial charge in [0.15, 0.2) is 5.11 Å². The summed E-state index contributed by atoms with van der Waals surface area (Å²) in [6.07, 6.45) is 3.57. The summed E-state index contributed by atoms with van der Waals surface area (Å²) in [5, 5.41) is 6.95. The normalized spacial score (nSPS) is 10.1. The van der Waals surface area contributed by atoms with Crippen molar-refractivity contribution in [1.82, 2.24) is 5.32 Å². The lowest BCUT2D eigenvalue weighted by atomic mass is 10.2. The zero-order valence-corrected chi connectivity index (χ0v) is 12.9. The monoisotopic (exact) mass is 304 g/mol. The maximum atomic E-state index is 5.45. The molecule has 2 N–H and O–H groups in total. The molecule has 0 saturated heterocycles. The first-order chi connectivity index (χ1) is 10.3. The van der Waals surface area contributed by atoms with Crippen molar-refractivity contribution < 1.29 is 9.15 Å². The van der Waals surface area contributed by atoms with Crippen LogP contribution in [-0.4, -0.2) is 18.3 Å². The Bertz CT molecular complexity index is 555. The van der Waals surface area contributed by atoms with Crippen LogP contribution < -0.4 is 15.4 Å². The van der Waals surface area contributed by atoms with Crippen molar-refractivity contribution in [2.75, 3.05) is 18.5 Å². The molecule has 1 heterocycles. The van der Waals surface area contributed by atoms with E-state index < -0.39 is 0 Å². The molecule has 0 aliphatic carbocycles. The van der Waals surface area contributed by atoms with E-state index >= 15 is 0 Å². The Morgan fingerprint density at radius 2 is 2.19 bits per heavy atom. The highest BCUT2D eigenvalue weighted by atomic mass is 32.1. The SMILES string of the molecule is CCOc1cccc(NC(=S)NCCCc2ccco2)c1. The zero-order valence-electron chi connectivity index (χ0n) is 12.1. The lowest BCUT2D eigenvalue weighted by molar-refractivity contribution is 0.340. The molecule has 0 aliphatic heterocycles. The van der Waals surface area contributed by atoms with Gasteiger partial charge >= 0.3 is 0 Å². The number of aryl methyl sites for hydroxylation is 1. The summed E-state index contributed by atoms with van der Waals surface area (Å²) in [5.41, 5.74) is 0.921. The molecule has 1 aromatic heterocycles. The van der Waals surface area contributed by atoms with Gasteiger partial charge in [-0.05, 0) is 49.8 Å². The maximum Gasteiger partial charge on any atom is 0.170 e. The van der Waals surface area contributed by atoms with E-state index in [1.807, 2.05) is 43.3 Å². The topological polar surface area (TPSA) is 46.4 Å². The predicted octanol–water partition coefficient (Wildman–Crippen LogP) is 3.60. The van der Waals surface area contributed by atoms with Crippen LogP contribution in [0.5, 0.6) is 5.75 Å². The third-order valence-corrected chi connectivity index (χ3v) is 3.11. The first-order valence-corrected chi connectivity index (χ1v) is 7.49. The molecule has 112 valence electrons. The van der Waals surface area contributed by atoms with Crippen molar-refractivity contribution in [2.24, 2.45) is 0 Å². The van der Waals surface area contributed by atoms with Gasteiger partial charge in [-0.1, -0.05) is 6.07 Å². The van der Waals surface area contributed by atoms with Crippen LogP contribution in [0.1, 0.15) is 19.1 Å². The molecule has 2 aromatic rings. The number of rotatable bonds is 7. The molecule has 0 saturated carbocycles. The number of furan rings is 1. The van der Waals surface area contributed by atoms with Crippen LogP contribution in [0.25, 0.3) is 0 Å². The van der Waals surface area contributed by atoms with Crippen LogP contribution in [0.15, 0.2) is 47.1 Å². The summed E-state index contributed by atoms with van der Waals surface area (Å²) in [6, 6.07) is 11.6. The summed E-state index contributed by atoms with van der Waals surface area (Å²) in [7, 11) is 0. The second-order valence-corrected chi connectivity index (χ2v) is 4.93. The Balaban J connectivity index is 1.70. The molecule has 0 radical (unpaired) electrons. The van der Waals surface area contributed by atoms with E-state index in [4.69, 9.17) is 21.4 Å². The van der Waals surface area contributed by atoms with Gasteiger partial charge in [0.2, 0.25) is 0 Å². The number of hydrogen-bond donors (Lipinski definition) is 2. The summed E-state index contributed by atoms with van der Waals surface area (Å²) >= 11 is 5.27. The Labute approximate surface area is 130 Å². The van der Waals surface area contributed by atoms with Gasteiger partial charge in [0.05, 0.1) is 12.9 Å². The second kappa shape index (κ2) is 8.32. The number of anilines is 1. The van der Waals surface area contributed by atoms with Crippen LogP contribution in [0, 0.1) is 0 Å². The third kappa shape index (κ3) is 5.47. The van der Waals surface area contributed by atoms with E-state index in [0.29, 0.717) is 11.7 Å². The van der Waals surface area contributed by atoms with Crippen LogP contribution >= 0.6 is 12.2 Å². The van der Waals surface area contributed by atoms with E-state index in [2.05, 4.69) is 10.6 Å². The predicted molar refractivity (Wildman–Crippen MR) is 88.9 cm³/mol. The highest BCUT2D eigenvalue weighted by Gasteiger charge is 2.00. The Morgan fingerprint density at radius 1 is 1.29 bits per heavy atom. The molecule has 0 atom stereocenters. The van der Waals surface area contributed by atoms with Gasteiger partial charge in [0, 0.05) is 24.7 Å². The first kappa shape index (κ1) is 15.4. The van der Waals surface area contributed by atoms with Gasteiger partial charge in [0.1, 0.15) is 11.5 Å². The van der Waals surface area contributed by atoms with Gasteiger partial charge in [0.25, 0.3) is 0 Å². The van der Waals surface area contributed by atoms with Crippen molar-refractivity contribution in [2.45, 2.75) is 19.8 Å². The highest BCUT2D eigenvalue weighted by molar-refractivity contribution is 7.80. The zero-order chi connectivity index (χ0) is 14.9. The molecule has 0 aliphatic rings. The van der Waals surface area contributed by atoms with Crippen molar-refractivity contribution in [3.8, 4) is 5.75 Å². The third-order valence-electron chi connectivity index (χ3n) is 2.87. The van der Waals surface area contributed by atoms with Crippen LogP contribution in [0.4, 0.5) is 5.69 Å². The molecule has 21 heavy (non-hydrogen) atoms. The summed E-state index contributed by atoms with van der Waals surface area (Å²) in [5.74, 6) is 1.84. The molecule has 2 rings (SSSR count). The van der Waals surface area contributed by atoms with Crippen LogP contribution in [0.2, 0.25) is 0 Å². The standard InChI is InChI=1S/C16H20N2O2S/c1-2-19-15-7-3-6-13(12-15)18-16(21)17-10-4-8-14-9-5-11-20-14/h3,5-7,9,11-12H,2,4,8,10H2,1H3,(H2,17,18,21). The quantitative estimate of drug-likeness (QED) is 0.604. The van der Waals surface area contributed by atoms with Crippen molar-refractivity contribution >= 4 is 23.0 Å². The smallest absolute Gasteiger partial charge is 0.170 e.